The third kappa shape index (κ3) is 19.2. The Kier molecular flexibility index (Phi) is 26.4. The van der Waals surface area contributed by atoms with Gasteiger partial charge in [0, 0.05) is 57.7 Å². The molecule has 2 fully saturated rings. The minimum Gasteiger partial charge on any atom is -0.493 e. The van der Waals surface area contributed by atoms with Gasteiger partial charge in [-0.25, -0.2) is 9.78 Å². The van der Waals surface area contributed by atoms with E-state index in [0.29, 0.717) is 104 Å². The summed E-state index contributed by atoms with van der Waals surface area (Å²) in [5.74, 6) is 4.01. The van der Waals surface area contributed by atoms with Crippen LogP contribution in [0.5, 0.6) is 40.2 Å². The Labute approximate surface area is 558 Å². The second kappa shape index (κ2) is 35.6. The number of hydrogen-bond donors (Lipinski definition) is 2. The number of fused-ring (bicyclic) bond motifs is 1. The Morgan fingerprint density at radius 2 is 1.40 bits per heavy atom. The number of aryl methyl sites for hydroxylation is 5. The number of benzene rings is 5. The number of piperidine rings is 1. The number of nitrogens with zero attached hydrogens (tertiary/aromatic N) is 5. The smallest absolute Gasteiger partial charge is 0.329 e. The average molecular weight is 1310 g/mol. The van der Waals surface area contributed by atoms with E-state index in [4.69, 9.17) is 52.1 Å². The van der Waals surface area contributed by atoms with Gasteiger partial charge in [0.15, 0.2) is 29.6 Å². The van der Waals surface area contributed by atoms with E-state index in [1.54, 1.807) is 43.4 Å². The Balaban J connectivity index is 0.682. The Morgan fingerprint density at radius 3 is 2.13 bits per heavy atom. The zero-order chi connectivity index (χ0) is 67.1. The minimum absolute atomic E-state index is 0.000762. The number of methoxy groups -OCH3 is 5. The molecule has 2 N–H and O–H groups in total. The van der Waals surface area contributed by atoms with E-state index in [1.807, 2.05) is 63.2 Å². The summed E-state index contributed by atoms with van der Waals surface area (Å²) >= 11 is 0. The number of ether oxygens (including phenoxy) is 9. The molecule has 2 aliphatic rings. The number of unbranched alkanes of at least 4 members (excludes halogenated alkanes) is 4. The van der Waals surface area contributed by atoms with E-state index in [2.05, 4.69) is 55.6 Å². The van der Waals surface area contributed by atoms with Gasteiger partial charge in [-0.15, -0.1) is 0 Å². The van der Waals surface area contributed by atoms with Crippen LogP contribution in [0.4, 0.5) is 0 Å². The number of hydrogen-bond acceptors (Lipinski definition) is 17. The topological polar surface area (TPSA) is 226 Å². The molecule has 3 amide bonds. The first-order valence-electron chi connectivity index (χ1n) is 33.5. The normalized spacial score (nSPS) is 14.8. The molecule has 7 aromatic rings. The lowest BCUT2D eigenvalue weighted by Crippen LogP contribution is -2.50. The highest BCUT2D eigenvalue weighted by atomic mass is 16.5. The number of amides is 3. The number of aromatic nitrogens is 3. The van der Waals surface area contributed by atoms with Crippen molar-refractivity contribution >= 4 is 34.7 Å². The number of imidazole rings is 1. The van der Waals surface area contributed by atoms with E-state index in [0.717, 1.165) is 148 Å². The number of esters is 1. The third-order valence-corrected chi connectivity index (χ3v) is 17.9. The summed E-state index contributed by atoms with van der Waals surface area (Å²) in [4.78, 5) is 64.1. The van der Waals surface area contributed by atoms with Gasteiger partial charge in [0.05, 0.1) is 78.0 Å². The van der Waals surface area contributed by atoms with Crippen LogP contribution < -0.4 is 43.8 Å². The lowest BCUT2D eigenvalue weighted by molar-refractivity contribution is -0.162. The quantitative estimate of drug-likeness (QED) is 0.0275. The molecule has 3 atom stereocenters. The van der Waals surface area contributed by atoms with E-state index in [1.165, 1.54) is 26.9 Å². The van der Waals surface area contributed by atoms with Gasteiger partial charge in [-0.05, 0) is 160 Å². The van der Waals surface area contributed by atoms with Crippen LogP contribution in [0.2, 0.25) is 0 Å². The van der Waals surface area contributed by atoms with Gasteiger partial charge in [-0.1, -0.05) is 67.7 Å². The van der Waals surface area contributed by atoms with Crippen LogP contribution in [0.1, 0.15) is 129 Å². The summed E-state index contributed by atoms with van der Waals surface area (Å²) < 4.78 is 59.8. The SMILES string of the molecule is CC[C@H](C(=O)N1CCCC[C@H]1C(=O)O[C@H](CCc1ccc(OC)c(OC)c1)c1cccc(OCC(=O)NCCCCCCCC(=O)NCCOc2ccc(CCc3nc4cc(-c5c(C)noc5C)ccc4n3CCN3CCOCC3)cc2)c1)c1cc(OC)c(OC)c(OC)c1. The second-order valence-corrected chi connectivity index (χ2v) is 24.2. The van der Waals surface area contributed by atoms with Crippen molar-refractivity contribution in [3.05, 3.63) is 137 Å². The Morgan fingerprint density at radius 1 is 0.663 bits per heavy atom. The molecule has 0 bridgehead atoms. The zero-order valence-electron chi connectivity index (χ0n) is 56.6. The predicted molar refractivity (Wildman–Crippen MR) is 362 cm³/mol. The summed E-state index contributed by atoms with van der Waals surface area (Å²) in [7, 11) is 7.77. The van der Waals surface area contributed by atoms with E-state index < -0.39 is 24.0 Å². The van der Waals surface area contributed by atoms with Crippen molar-refractivity contribution in [2.45, 2.75) is 135 Å². The molecule has 5 aromatic carbocycles. The highest BCUT2D eigenvalue weighted by Crippen LogP contribution is 2.42. The standard InChI is InChI=1S/C74H95N7O14/c1-9-59(56-47-66(88-6)72(90-8)67(48-56)89-7)73(84)81-36-16-14-20-62(81)74(85)94-63(31-24-53-25-32-64(86-4)65(44-53)87-5)54-18-17-19-58(45-54)93-49-70(83)75-34-15-12-10-11-13-21-69(82)76-35-41-92-57-28-22-52(23-29-57)26-33-68-77-60-46-55(71-50(2)78-95-51(71)3)27-30-61(60)80(68)38-37-79-39-42-91-43-40-79/h17-19,22-23,25,27-30,32,44-48,59,62-63H,9-16,20-21,24,26,31,33-43,49H2,1-8H3,(H,75,83)(H,76,82)/t59-,62-,63+/m0/s1. The van der Waals surface area contributed by atoms with E-state index in [-0.39, 0.29) is 24.3 Å². The highest BCUT2D eigenvalue weighted by Gasteiger charge is 2.38. The summed E-state index contributed by atoms with van der Waals surface area (Å²) in [5.41, 5.74) is 8.53. The van der Waals surface area contributed by atoms with Crippen LogP contribution in [-0.4, -0.2) is 155 Å². The zero-order valence-corrected chi connectivity index (χ0v) is 56.6. The fourth-order valence-electron chi connectivity index (χ4n) is 12.7. The monoisotopic (exact) mass is 1310 g/mol. The van der Waals surface area contributed by atoms with Gasteiger partial charge < -0.3 is 67.3 Å². The second-order valence-electron chi connectivity index (χ2n) is 24.2. The summed E-state index contributed by atoms with van der Waals surface area (Å²) in [6.07, 6.45) is 8.96. The fraction of sp³-hybridized carbons (Fsp3) is 0.486. The largest absolute Gasteiger partial charge is 0.493 e. The van der Waals surface area contributed by atoms with Crippen LogP contribution in [0.25, 0.3) is 22.2 Å². The molecule has 0 unspecified atom stereocenters. The first-order valence-corrected chi connectivity index (χ1v) is 33.5. The molecule has 9 rings (SSSR count). The third-order valence-electron chi connectivity index (χ3n) is 17.9. The maximum absolute atomic E-state index is 14.6. The number of carbonyl (C=O) groups is 4. The Hall–Kier alpha value is -8.82. The van der Waals surface area contributed by atoms with Crippen molar-refractivity contribution in [1.29, 1.82) is 0 Å². The van der Waals surface area contributed by atoms with Gasteiger partial charge in [0.2, 0.25) is 17.6 Å². The molecule has 0 radical (unpaired) electrons. The van der Waals surface area contributed by atoms with Crippen LogP contribution in [0.15, 0.2) is 102 Å². The predicted octanol–water partition coefficient (Wildman–Crippen LogP) is 11.3. The molecular weight excluding hydrogens is 1210 g/mol. The van der Waals surface area contributed by atoms with E-state index in [9.17, 15) is 19.2 Å². The van der Waals surface area contributed by atoms with Crippen molar-refractivity contribution in [3.63, 3.8) is 0 Å². The first-order chi connectivity index (χ1) is 46.3. The number of rotatable bonds is 36. The van der Waals surface area contributed by atoms with Gasteiger partial charge >= 0.3 is 5.97 Å². The summed E-state index contributed by atoms with van der Waals surface area (Å²) in [6.45, 7) is 12.5. The lowest BCUT2D eigenvalue weighted by atomic mass is 9.91. The van der Waals surface area contributed by atoms with Crippen LogP contribution in [-0.2, 0) is 54.5 Å². The minimum atomic E-state index is -0.808. The molecule has 0 spiro atoms. The molecule has 510 valence electrons. The average Bonchev–Trinajstić information content (AvgIpc) is 1.77. The summed E-state index contributed by atoms with van der Waals surface area (Å²) in [5, 5.41) is 10.1. The first kappa shape index (κ1) is 70.5. The molecule has 2 aromatic heterocycles. The number of likely N-dealkylation sites (tertiary alicyclic amines) is 1. The maximum atomic E-state index is 14.6. The van der Waals surface area contributed by atoms with Crippen molar-refractivity contribution in [2.75, 3.05) is 101 Å². The molecule has 0 aliphatic carbocycles. The van der Waals surface area contributed by atoms with Gasteiger partial charge in [-0.3, -0.25) is 19.3 Å². The maximum Gasteiger partial charge on any atom is 0.329 e. The molecular formula is C74H95N7O14. The molecule has 21 nitrogen and oxygen atoms in total. The highest BCUT2D eigenvalue weighted by molar-refractivity contribution is 5.89. The summed E-state index contributed by atoms with van der Waals surface area (Å²) in [6, 6.07) is 30.3. The van der Waals surface area contributed by atoms with Gasteiger partial charge in [0.25, 0.3) is 5.91 Å². The van der Waals surface area contributed by atoms with Crippen molar-refractivity contribution in [2.24, 2.45) is 0 Å². The lowest BCUT2D eigenvalue weighted by Gasteiger charge is -2.37. The van der Waals surface area contributed by atoms with Crippen molar-refractivity contribution in [3.8, 4) is 51.4 Å². The Bertz CT molecular complexity index is 3590. The van der Waals surface area contributed by atoms with Crippen LogP contribution >= 0.6 is 0 Å². The molecule has 95 heavy (non-hydrogen) atoms. The molecule has 0 saturated carbocycles. The van der Waals surface area contributed by atoms with Gasteiger partial charge in [-0.2, -0.15) is 0 Å². The molecule has 2 aliphatic heterocycles. The van der Waals surface area contributed by atoms with Crippen LogP contribution in [0.3, 0.4) is 0 Å². The number of nitrogens with one attached hydrogen (secondary N) is 2. The molecule has 21 heteroatoms. The van der Waals surface area contributed by atoms with Crippen LogP contribution in [0, 0.1) is 13.8 Å². The van der Waals surface area contributed by atoms with Crippen molar-refractivity contribution in [1.82, 2.24) is 35.1 Å². The van der Waals surface area contributed by atoms with Gasteiger partial charge in [0.1, 0.15) is 41.8 Å². The molecule has 2 saturated heterocycles. The number of morpholine rings is 1. The fourth-order valence-corrected chi connectivity index (χ4v) is 12.7. The molecule has 4 heterocycles. The van der Waals surface area contributed by atoms with Crippen molar-refractivity contribution < 1.29 is 66.3 Å². The number of carbonyl (C=O) groups excluding carboxylic acids is 4. The van der Waals surface area contributed by atoms with E-state index >= 15 is 0 Å².